The number of benzene rings is 1. The molecule has 0 unspecified atom stereocenters. The van der Waals surface area contributed by atoms with Crippen molar-refractivity contribution in [3.8, 4) is 0 Å². The molecule has 2 aromatic rings. The van der Waals surface area contributed by atoms with Gasteiger partial charge in [-0.3, -0.25) is 9.40 Å². The summed E-state index contributed by atoms with van der Waals surface area (Å²) in [5, 5.41) is 13.0. The van der Waals surface area contributed by atoms with Crippen LogP contribution in [0.1, 0.15) is 5.56 Å². The molecule has 0 spiro atoms. The molecule has 1 aromatic heterocycles. The maximum atomic E-state index is 12.0. The fraction of sp³-hybridized carbons (Fsp3) is 0.182. The van der Waals surface area contributed by atoms with Crippen molar-refractivity contribution in [1.29, 1.82) is 0 Å². The first-order chi connectivity index (χ1) is 8.53. The molecule has 0 saturated heterocycles. The lowest BCUT2D eigenvalue weighted by molar-refractivity contribution is 0.282. The molecule has 6 nitrogen and oxygen atoms in total. The molecule has 7 heteroatoms. The highest BCUT2D eigenvalue weighted by molar-refractivity contribution is 7.92. The van der Waals surface area contributed by atoms with Gasteiger partial charge in [0.25, 0.3) is 10.0 Å². The molecule has 2 N–H and O–H groups in total. The number of para-hydroxylation sites is 1. The van der Waals surface area contributed by atoms with Crippen molar-refractivity contribution >= 4 is 15.7 Å². The first-order valence-electron chi connectivity index (χ1n) is 5.23. The lowest BCUT2D eigenvalue weighted by Gasteiger charge is -2.09. The first kappa shape index (κ1) is 12.6. The maximum Gasteiger partial charge on any atom is 0.265 e. The number of sulfonamides is 1. The number of rotatable bonds is 4. The Labute approximate surface area is 105 Å². The maximum absolute atomic E-state index is 12.0. The van der Waals surface area contributed by atoms with Gasteiger partial charge in [0.15, 0.2) is 0 Å². The minimum absolute atomic E-state index is 0.0812. The summed E-state index contributed by atoms with van der Waals surface area (Å²) in [4.78, 5) is 0.0812. The SMILES string of the molecule is Cn1cc(S(=O)(=O)Nc2ccccc2CO)cn1. The molecule has 1 aromatic carbocycles. The molecule has 0 aliphatic carbocycles. The highest BCUT2D eigenvalue weighted by atomic mass is 32.2. The van der Waals surface area contributed by atoms with Gasteiger partial charge in [0.1, 0.15) is 4.90 Å². The van der Waals surface area contributed by atoms with E-state index in [2.05, 4.69) is 9.82 Å². The molecule has 0 fully saturated rings. The predicted octanol–water partition coefficient (Wildman–Crippen LogP) is 0.713. The monoisotopic (exact) mass is 267 g/mol. The van der Waals surface area contributed by atoms with Gasteiger partial charge in [0.05, 0.1) is 18.5 Å². The van der Waals surface area contributed by atoms with Crippen LogP contribution < -0.4 is 4.72 Å². The van der Waals surface area contributed by atoms with E-state index in [9.17, 15) is 8.42 Å². The van der Waals surface area contributed by atoms with E-state index >= 15 is 0 Å². The Morgan fingerprint density at radius 1 is 1.39 bits per heavy atom. The molecule has 96 valence electrons. The fourth-order valence-corrected chi connectivity index (χ4v) is 2.58. The third kappa shape index (κ3) is 2.52. The number of nitrogens with zero attached hydrogens (tertiary/aromatic N) is 2. The molecule has 0 bridgehead atoms. The van der Waals surface area contributed by atoms with Crippen LogP contribution in [0.3, 0.4) is 0 Å². The second-order valence-electron chi connectivity index (χ2n) is 3.77. The number of aryl methyl sites for hydroxylation is 1. The lowest BCUT2D eigenvalue weighted by Crippen LogP contribution is -2.13. The molecule has 0 radical (unpaired) electrons. The van der Waals surface area contributed by atoms with Gasteiger partial charge in [-0.15, -0.1) is 0 Å². The van der Waals surface area contributed by atoms with Gasteiger partial charge in [-0.2, -0.15) is 5.10 Å². The van der Waals surface area contributed by atoms with Crippen molar-refractivity contribution in [2.45, 2.75) is 11.5 Å². The largest absolute Gasteiger partial charge is 0.392 e. The second-order valence-corrected chi connectivity index (χ2v) is 5.45. The van der Waals surface area contributed by atoms with Crippen molar-refractivity contribution in [2.24, 2.45) is 7.05 Å². The van der Waals surface area contributed by atoms with Crippen LogP contribution in [0.5, 0.6) is 0 Å². The van der Waals surface area contributed by atoms with E-state index in [0.717, 1.165) is 0 Å². The average molecular weight is 267 g/mol. The molecule has 0 aliphatic heterocycles. The summed E-state index contributed by atoms with van der Waals surface area (Å²) >= 11 is 0. The zero-order valence-corrected chi connectivity index (χ0v) is 10.6. The summed E-state index contributed by atoms with van der Waals surface area (Å²) in [5.74, 6) is 0. The van der Waals surface area contributed by atoms with E-state index in [1.165, 1.54) is 17.1 Å². The number of aliphatic hydroxyl groups is 1. The second kappa shape index (κ2) is 4.79. The average Bonchev–Trinajstić information content (AvgIpc) is 2.77. The van der Waals surface area contributed by atoms with E-state index in [1.54, 1.807) is 31.3 Å². The molecule has 18 heavy (non-hydrogen) atoms. The zero-order valence-electron chi connectivity index (χ0n) is 9.74. The summed E-state index contributed by atoms with van der Waals surface area (Å²) in [6.07, 6.45) is 2.67. The zero-order chi connectivity index (χ0) is 13.2. The van der Waals surface area contributed by atoms with Gasteiger partial charge in [0, 0.05) is 18.8 Å². The van der Waals surface area contributed by atoms with Crippen molar-refractivity contribution in [3.63, 3.8) is 0 Å². The van der Waals surface area contributed by atoms with E-state index in [4.69, 9.17) is 5.11 Å². The normalized spacial score (nSPS) is 11.4. The third-order valence-electron chi connectivity index (χ3n) is 2.42. The lowest BCUT2D eigenvalue weighted by atomic mass is 10.2. The van der Waals surface area contributed by atoms with Gasteiger partial charge >= 0.3 is 0 Å². The fourth-order valence-electron chi connectivity index (χ4n) is 1.50. The van der Waals surface area contributed by atoms with E-state index < -0.39 is 10.0 Å². The minimum Gasteiger partial charge on any atom is -0.392 e. The summed E-state index contributed by atoms with van der Waals surface area (Å²) in [5.41, 5.74) is 0.883. The Bertz CT molecular complexity index is 649. The molecular weight excluding hydrogens is 254 g/mol. The van der Waals surface area contributed by atoms with Crippen LogP contribution in [0, 0.1) is 0 Å². The molecule has 0 aliphatic rings. The molecule has 0 amide bonds. The van der Waals surface area contributed by atoms with Crippen LogP contribution in [0.25, 0.3) is 0 Å². The van der Waals surface area contributed by atoms with E-state index in [-0.39, 0.29) is 11.5 Å². The molecule has 1 heterocycles. The van der Waals surface area contributed by atoms with E-state index in [0.29, 0.717) is 11.3 Å². The third-order valence-corrected chi connectivity index (χ3v) is 3.74. The number of aromatic nitrogens is 2. The topological polar surface area (TPSA) is 84.2 Å². The van der Waals surface area contributed by atoms with Gasteiger partial charge < -0.3 is 5.11 Å². The number of aliphatic hydroxyl groups excluding tert-OH is 1. The van der Waals surface area contributed by atoms with Crippen molar-refractivity contribution in [1.82, 2.24) is 9.78 Å². The summed E-state index contributed by atoms with van der Waals surface area (Å²) in [7, 11) is -2.03. The quantitative estimate of drug-likeness (QED) is 0.854. The molecule has 0 saturated carbocycles. The molecular formula is C11H13N3O3S. The number of hydrogen-bond donors (Lipinski definition) is 2. The Morgan fingerprint density at radius 3 is 2.72 bits per heavy atom. The number of nitrogens with one attached hydrogen (secondary N) is 1. The standard InChI is InChI=1S/C11H13N3O3S/c1-14-7-10(6-12-14)18(16,17)13-11-5-3-2-4-9(11)8-15/h2-7,13,15H,8H2,1H3. The summed E-state index contributed by atoms with van der Waals surface area (Å²) in [6, 6.07) is 6.67. The van der Waals surface area contributed by atoms with Crippen LogP contribution in [0.2, 0.25) is 0 Å². The molecule has 2 rings (SSSR count). The first-order valence-corrected chi connectivity index (χ1v) is 6.71. The van der Waals surface area contributed by atoms with Crippen molar-refractivity contribution in [2.75, 3.05) is 4.72 Å². The Kier molecular flexibility index (Phi) is 3.35. The summed E-state index contributed by atoms with van der Waals surface area (Å²) < 4.78 is 27.9. The minimum atomic E-state index is -3.67. The van der Waals surface area contributed by atoms with Gasteiger partial charge in [0.2, 0.25) is 0 Å². The number of anilines is 1. The Morgan fingerprint density at radius 2 is 2.11 bits per heavy atom. The van der Waals surface area contributed by atoms with Crippen LogP contribution in [0.4, 0.5) is 5.69 Å². The van der Waals surface area contributed by atoms with Crippen molar-refractivity contribution in [3.05, 3.63) is 42.2 Å². The summed E-state index contributed by atoms with van der Waals surface area (Å²) in [6.45, 7) is -0.230. The van der Waals surface area contributed by atoms with Crippen LogP contribution in [-0.2, 0) is 23.7 Å². The number of hydrogen-bond acceptors (Lipinski definition) is 4. The van der Waals surface area contributed by atoms with Gasteiger partial charge in [-0.05, 0) is 6.07 Å². The highest BCUT2D eigenvalue weighted by Crippen LogP contribution is 2.19. The van der Waals surface area contributed by atoms with Crippen LogP contribution in [0.15, 0.2) is 41.6 Å². The van der Waals surface area contributed by atoms with Crippen LogP contribution in [-0.4, -0.2) is 23.3 Å². The van der Waals surface area contributed by atoms with Gasteiger partial charge in [-0.1, -0.05) is 18.2 Å². The van der Waals surface area contributed by atoms with Gasteiger partial charge in [-0.25, -0.2) is 8.42 Å². The van der Waals surface area contributed by atoms with Crippen molar-refractivity contribution < 1.29 is 13.5 Å². The van der Waals surface area contributed by atoms with E-state index in [1.807, 2.05) is 0 Å². The Balaban J connectivity index is 2.33. The predicted molar refractivity (Wildman–Crippen MR) is 66.4 cm³/mol. The smallest absolute Gasteiger partial charge is 0.265 e. The Hall–Kier alpha value is -1.86. The molecule has 0 atom stereocenters. The van der Waals surface area contributed by atoms with Crippen LogP contribution >= 0.6 is 0 Å². The highest BCUT2D eigenvalue weighted by Gasteiger charge is 2.17.